The number of hydrogen-bond donors (Lipinski definition) is 3. The summed E-state index contributed by atoms with van der Waals surface area (Å²) in [5.74, 6) is 0. The number of allylic oxidation sites excluding steroid dienone is 1. The Bertz CT molecular complexity index is 173. The lowest BCUT2D eigenvalue weighted by atomic mass is 10.2. The highest BCUT2D eigenvalue weighted by atomic mass is 16.3. The fourth-order valence-corrected chi connectivity index (χ4v) is 1.71. The minimum Gasteiger partial charge on any atom is -0.391 e. The number of aliphatic hydroxyl groups is 1. The summed E-state index contributed by atoms with van der Waals surface area (Å²) in [5, 5.41) is 9.56. The summed E-state index contributed by atoms with van der Waals surface area (Å²) in [4.78, 5) is 2.17. The highest BCUT2D eigenvalue weighted by Gasteiger charge is 2.16. The molecule has 0 aromatic heterocycles. The molecule has 0 saturated carbocycles. The Morgan fingerprint density at radius 1 is 1.53 bits per heavy atom. The van der Waals surface area contributed by atoms with Crippen molar-refractivity contribution in [2.24, 2.45) is 11.5 Å². The van der Waals surface area contributed by atoms with Crippen LogP contribution in [-0.4, -0.2) is 42.8 Å². The van der Waals surface area contributed by atoms with Crippen LogP contribution in [0.15, 0.2) is 12.3 Å². The van der Waals surface area contributed by atoms with Crippen LogP contribution in [0.4, 0.5) is 0 Å². The van der Waals surface area contributed by atoms with Gasteiger partial charge in [0.15, 0.2) is 0 Å². The first-order valence-corrected chi connectivity index (χ1v) is 5.62. The molecule has 1 heterocycles. The Labute approximate surface area is 92.9 Å². The molecular weight excluding hydrogens is 190 g/mol. The van der Waals surface area contributed by atoms with Crippen LogP contribution in [0.5, 0.6) is 0 Å². The summed E-state index contributed by atoms with van der Waals surface area (Å²) >= 11 is 0. The second-order valence-corrected chi connectivity index (χ2v) is 3.70. The molecule has 1 unspecified atom stereocenters. The highest BCUT2D eigenvalue weighted by molar-refractivity contribution is 4.97. The molecule has 0 amide bonds. The maximum Gasteiger partial charge on any atom is 0.0715 e. The van der Waals surface area contributed by atoms with Gasteiger partial charge >= 0.3 is 0 Å². The van der Waals surface area contributed by atoms with E-state index in [0.717, 1.165) is 44.5 Å². The van der Waals surface area contributed by atoms with E-state index in [1.54, 1.807) is 0 Å². The molecule has 4 heteroatoms. The summed E-state index contributed by atoms with van der Waals surface area (Å²) in [7, 11) is 1.50. The van der Waals surface area contributed by atoms with Crippen molar-refractivity contribution in [3.05, 3.63) is 12.3 Å². The summed E-state index contributed by atoms with van der Waals surface area (Å²) in [6, 6.07) is 0. The van der Waals surface area contributed by atoms with E-state index in [4.69, 9.17) is 5.73 Å². The zero-order valence-corrected chi connectivity index (χ0v) is 9.78. The van der Waals surface area contributed by atoms with Gasteiger partial charge in [-0.25, -0.2) is 0 Å². The van der Waals surface area contributed by atoms with Crippen molar-refractivity contribution in [2.45, 2.75) is 31.8 Å². The van der Waals surface area contributed by atoms with E-state index in [-0.39, 0.29) is 6.10 Å². The van der Waals surface area contributed by atoms with Crippen molar-refractivity contribution in [3.8, 4) is 0 Å². The second kappa shape index (κ2) is 8.71. The number of likely N-dealkylation sites (tertiary alicyclic amines) is 1. The van der Waals surface area contributed by atoms with Gasteiger partial charge in [-0.2, -0.15) is 0 Å². The average Bonchev–Trinajstić information content (AvgIpc) is 2.41. The zero-order chi connectivity index (χ0) is 11.7. The normalized spacial score (nSPS) is 21.7. The van der Waals surface area contributed by atoms with Crippen LogP contribution < -0.4 is 11.5 Å². The van der Waals surface area contributed by atoms with E-state index in [0.29, 0.717) is 6.54 Å². The third-order valence-electron chi connectivity index (χ3n) is 2.51. The molecule has 90 valence electrons. The number of hydrogen-bond acceptors (Lipinski definition) is 4. The number of nitrogens with two attached hydrogens (primary N) is 2. The van der Waals surface area contributed by atoms with E-state index in [1.165, 1.54) is 7.05 Å². The van der Waals surface area contributed by atoms with Gasteiger partial charge in [-0.1, -0.05) is 6.58 Å². The second-order valence-electron chi connectivity index (χ2n) is 3.70. The van der Waals surface area contributed by atoms with Gasteiger partial charge in [0.2, 0.25) is 0 Å². The van der Waals surface area contributed by atoms with Crippen molar-refractivity contribution in [1.29, 1.82) is 0 Å². The largest absolute Gasteiger partial charge is 0.391 e. The van der Waals surface area contributed by atoms with Crippen molar-refractivity contribution in [1.82, 2.24) is 4.90 Å². The Balaban J connectivity index is 0.000000921. The first kappa shape index (κ1) is 14.4. The minimum absolute atomic E-state index is 0.183. The zero-order valence-electron chi connectivity index (χ0n) is 9.78. The van der Waals surface area contributed by atoms with Crippen molar-refractivity contribution in [2.75, 3.05) is 26.7 Å². The number of rotatable bonds is 3. The van der Waals surface area contributed by atoms with Crippen molar-refractivity contribution in [3.63, 3.8) is 0 Å². The maximum atomic E-state index is 9.56. The van der Waals surface area contributed by atoms with Gasteiger partial charge in [-0.05, 0) is 39.3 Å². The van der Waals surface area contributed by atoms with E-state index in [2.05, 4.69) is 17.2 Å². The third kappa shape index (κ3) is 5.77. The van der Waals surface area contributed by atoms with Crippen LogP contribution >= 0.6 is 0 Å². The molecule has 1 rings (SSSR count). The summed E-state index contributed by atoms with van der Waals surface area (Å²) in [6.45, 7) is 6.40. The predicted octanol–water partition coefficient (Wildman–Crippen LogP) is 0.271. The fourth-order valence-electron chi connectivity index (χ4n) is 1.71. The first-order valence-electron chi connectivity index (χ1n) is 5.62. The van der Waals surface area contributed by atoms with Gasteiger partial charge in [-0.15, -0.1) is 0 Å². The van der Waals surface area contributed by atoms with Crippen LogP contribution in [0, 0.1) is 0 Å². The van der Waals surface area contributed by atoms with Gasteiger partial charge in [0.05, 0.1) is 6.10 Å². The smallest absolute Gasteiger partial charge is 0.0715 e. The molecule has 0 aliphatic carbocycles. The highest BCUT2D eigenvalue weighted by Crippen LogP contribution is 2.18. The molecule has 0 spiro atoms. The van der Waals surface area contributed by atoms with E-state index in [1.807, 2.05) is 0 Å². The Morgan fingerprint density at radius 2 is 2.20 bits per heavy atom. The Kier molecular flexibility index (Phi) is 8.37. The van der Waals surface area contributed by atoms with Crippen LogP contribution in [0.2, 0.25) is 0 Å². The molecule has 1 atom stereocenters. The summed E-state index contributed by atoms with van der Waals surface area (Å²) in [5.41, 5.74) is 11.1. The minimum atomic E-state index is -0.183. The standard InChI is InChI=1S/C10H20N2O.CH5N/c1-9-4-2-5-10(13)8-12(9)7-3-6-11;1-2/h10,13H,1-8,11H2;2H2,1H3. The van der Waals surface area contributed by atoms with Crippen LogP contribution in [0.3, 0.4) is 0 Å². The molecule has 1 fully saturated rings. The SMILES string of the molecule is C=C1CCCC(O)CN1CCCN.CN. The molecule has 1 aliphatic heterocycles. The lowest BCUT2D eigenvalue weighted by Crippen LogP contribution is -2.31. The molecule has 15 heavy (non-hydrogen) atoms. The average molecular weight is 215 g/mol. The maximum absolute atomic E-state index is 9.56. The van der Waals surface area contributed by atoms with Crippen molar-refractivity contribution < 1.29 is 5.11 Å². The molecule has 0 radical (unpaired) electrons. The molecule has 4 nitrogen and oxygen atoms in total. The number of β-amino-alcohol motifs (C(OH)–C–C–N with tert-alkyl or cyclic N) is 1. The fraction of sp³-hybridized carbons (Fsp3) is 0.818. The Hall–Kier alpha value is -0.580. The number of nitrogens with zero attached hydrogens (tertiary/aromatic N) is 1. The summed E-state index contributed by atoms with van der Waals surface area (Å²) < 4.78 is 0. The van der Waals surface area contributed by atoms with Crippen LogP contribution in [0.1, 0.15) is 25.7 Å². The van der Waals surface area contributed by atoms with Gasteiger partial charge in [-0.3, -0.25) is 0 Å². The van der Waals surface area contributed by atoms with Gasteiger partial charge in [0.25, 0.3) is 0 Å². The van der Waals surface area contributed by atoms with Gasteiger partial charge < -0.3 is 21.5 Å². The molecular formula is C11H25N3O. The first-order chi connectivity index (χ1) is 7.24. The lowest BCUT2D eigenvalue weighted by Gasteiger charge is -2.25. The van der Waals surface area contributed by atoms with Crippen LogP contribution in [0.25, 0.3) is 0 Å². The molecule has 0 bridgehead atoms. The topological polar surface area (TPSA) is 75.5 Å². The summed E-state index contributed by atoms with van der Waals surface area (Å²) in [6.07, 6.45) is 3.77. The monoisotopic (exact) mass is 215 g/mol. The van der Waals surface area contributed by atoms with Crippen LogP contribution in [-0.2, 0) is 0 Å². The van der Waals surface area contributed by atoms with Gasteiger partial charge in [0, 0.05) is 18.8 Å². The van der Waals surface area contributed by atoms with E-state index in [9.17, 15) is 5.11 Å². The van der Waals surface area contributed by atoms with Gasteiger partial charge in [0.1, 0.15) is 0 Å². The third-order valence-corrected chi connectivity index (χ3v) is 2.51. The molecule has 0 aromatic rings. The lowest BCUT2D eigenvalue weighted by molar-refractivity contribution is 0.130. The van der Waals surface area contributed by atoms with E-state index < -0.39 is 0 Å². The van der Waals surface area contributed by atoms with Crippen molar-refractivity contribution >= 4 is 0 Å². The molecule has 0 aromatic carbocycles. The molecule has 5 N–H and O–H groups in total. The quantitative estimate of drug-likeness (QED) is 0.632. The molecule has 1 aliphatic rings. The number of aliphatic hydroxyl groups excluding tert-OH is 1. The molecule has 1 saturated heterocycles. The van der Waals surface area contributed by atoms with E-state index >= 15 is 0 Å². The predicted molar refractivity (Wildman–Crippen MR) is 64.4 cm³/mol. The Morgan fingerprint density at radius 3 is 2.80 bits per heavy atom.